The molecule has 3 nitrogen and oxygen atoms in total. The van der Waals surface area contributed by atoms with Crippen molar-refractivity contribution in [3.05, 3.63) is 53.3 Å². The van der Waals surface area contributed by atoms with E-state index in [0.717, 1.165) is 31.6 Å². The fraction of sp³-hybridized carbons (Fsp3) is 0.500. The van der Waals surface area contributed by atoms with Crippen LogP contribution in [0.5, 0.6) is 0 Å². The molecule has 0 aliphatic rings. The lowest BCUT2D eigenvalue weighted by Gasteiger charge is -2.19. The van der Waals surface area contributed by atoms with Crippen LogP contribution in [0.15, 0.2) is 36.4 Å². The van der Waals surface area contributed by atoms with Crippen molar-refractivity contribution in [1.82, 2.24) is 15.1 Å². The number of aryl methyl sites for hydroxylation is 3. The molecule has 1 unspecified atom stereocenters. The van der Waals surface area contributed by atoms with Crippen molar-refractivity contribution in [3.8, 4) is 0 Å². The molecule has 114 valence electrons. The summed E-state index contributed by atoms with van der Waals surface area (Å²) in [7, 11) is 0. The van der Waals surface area contributed by atoms with Gasteiger partial charge in [0.1, 0.15) is 0 Å². The maximum atomic E-state index is 4.58. The van der Waals surface area contributed by atoms with Gasteiger partial charge in [0.05, 0.1) is 11.4 Å². The fourth-order valence-corrected chi connectivity index (χ4v) is 2.86. The Bertz CT molecular complexity index is 531. The highest BCUT2D eigenvalue weighted by atomic mass is 15.3. The minimum Gasteiger partial charge on any atom is -0.309 e. The lowest BCUT2D eigenvalue weighted by atomic mass is 10.0. The highest BCUT2D eigenvalue weighted by Crippen LogP contribution is 2.21. The molecule has 0 spiro atoms. The summed E-state index contributed by atoms with van der Waals surface area (Å²) < 4.78 is 2.13. The predicted octanol–water partition coefficient (Wildman–Crippen LogP) is 3.88. The molecule has 0 fully saturated rings. The van der Waals surface area contributed by atoms with Gasteiger partial charge < -0.3 is 5.32 Å². The van der Waals surface area contributed by atoms with Crippen LogP contribution in [-0.2, 0) is 13.0 Å². The summed E-state index contributed by atoms with van der Waals surface area (Å²) in [6.07, 6.45) is 3.48. The average Bonchev–Trinajstić information content (AvgIpc) is 2.88. The van der Waals surface area contributed by atoms with Crippen LogP contribution in [-0.4, -0.2) is 16.3 Å². The SMILES string of the molecule is CCNC(CCCc1ccccc1)c1cc(C)nn1CC. The zero-order chi connectivity index (χ0) is 15.1. The Balaban J connectivity index is 1.98. The van der Waals surface area contributed by atoms with Gasteiger partial charge in [0.25, 0.3) is 0 Å². The Morgan fingerprint density at radius 2 is 1.95 bits per heavy atom. The van der Waals surface area contributed by atoms with Crippen LogP contribution in [0.2, 0.25) is 0 Å². The number of benzene rings is 1. The minimum absolute atomic E-state index is 0.403. The van der Waals surface area contributed by atoms with E-state index in [-0.39, 0.29) is 0 Å². The molecule has 1 aromatic heterocycles. The third-order valence-electron chi connectivity index (χ3n) is 3.84. The second-order valence-corrected chi connectivity index (χ2v) is 5.51. The van der Waals surface area contributed by atoms with E-state index in [0.29, 0.717) is 6.04 Å². The summed E-state index contributed by atoms with van der Waals surface area (Å²) in [5.74, 6) is 0. The van der Waals surface area contributed by atoms with Crippen molar-refractivity contribution in [2.75, 3.05) is 6.54 Å². The van der Waals surface area contributed by atoms with Crippen molar-refractivity contribution >= 4 is 0 Å². The Hall–Kier alpha value is -1.61. The second kappa shape index (κ2) is 7.99. The molecular weight excluding hydrogens is 258 g/mol. The third-order valence-corrected chi connectivity index (χ3v) is 3.84. The molecule has 21 heavy (non-hydrogen) atoms. The summed E-state index contributed by atoms with van der Waals surface area (Å²) in [6.45, 7) is 8.32. The molecule has 2 rings (SSSR count). The largest absolute Gasteiger partial charge is 0.309 e. The van der Waals surface area contributed by atoms with E-state index in [1.165, 1.54) is 17.7 Å². The molecule has 0 saturated heterocycles. The van der Waals surface area contributed by atoms with E-state index >= 15 is 0 Å². The first-order valence-electron chi connectivity index (χ1n) is 8.06. The monoisotopic (exact) mass is 285 g/mol. The lowest BCUT2D eigenvalue weighted by molar-refractivity contribution is 0.455. The lowest BCUT2D eigenvalue weighted by Crippen LogP contribution is -2.24. The molecule has 2 aromatic rings. The van der Waals surface area contributed by atoms with Gasteiger partial charge in [-0.3, -0.25) is 4.68 Å². The van der Waals surface area contributed by atoms with Crippen molar-refractivity contribution in [2.24, 2.45) is 0 Å². The number of aromatic nitrogens is 2. The number of hydrogen-bond acceptors (Lipinski definition) is 2. The minimum atomic E-state index is 0.403. The van der Waals surface area contributed by atoms with Crippen LogP contribution in [0, 0.1) is 6.92 Å². The van der Waals surface area contributed by atoms with Gasteiger partial charge in [-0.15, -0.1) is 0 Å². The topological polar surface area (TPSA) is 29.9 Å². The fourth-order valence-electron chi connectivity index (χ4n) is 2.86. The van der Waals surface area contributed by atoms with Gasteiger partial charge in [0, 0.05) is 12.6 Å². The molecule has 0 aliphatic heterocycles. The van der Waals surface area contributed by atoms with Crippen LogP contribution in [0.3, 0.4) is 0 Å². The van der Waals surface area contributed by atoms with E-state index < -0.39 is 0 Å². The Labute approximate surface area is 128 Å². The van der Waals surface area contributed by atoms with Crippen molar-refractivity contribution in [2.45, 2.75) is 52.6 Å². The van der Waals surface area contributed by atoms with Crippen molar-refractivity contribution in [1.29, 1.82) is 0 Å². The Morgan fingerprint density at radius 3 is 2.62 bits per heavy atom. The van der Waals surface area contributed by atoms with Gasteiger partial charge in [-0.2, -0.15) is 5.10 Å². The van der Waals surface area contributed by atoms with Crippen LogP contribution in [0.1, 0.15) is 49.7 Å². The third kappa shape index (κ3) is 4.43. The Morgan fingerprint density at radius 1 is 1.19 bits per heavy atom. The van der Waals surface area contributed by atoms with Gasteiger partial charge >= 0.3 is 0 Å². The zero-order valence-corrected chi connectivity index (χ0v) is 13.5. The van der Waals surface area contributed by atoms with Gasteiger partial charge in [0.2, 0.25) is 0 Å². The second-order valence-electron chi connectivity index (χ2n) is 5.51. The summed E-state index contributed by atoms with van der Waals surface area (Å²) in [4.78, 5) is 0. The first-order chi connectivity index (χ1) is 10.2. The summed E-state index contributed by atoms with van der Waals surface area (Å²) in [5.41, 5.74) is 3.86. The van der Waals surface area contributed by atoms with Gasteiger partial charge in [0.15, 0.2) is 0 Å². The molecule has 0 bridgehead atoms. The first kappa shape index (κ1) is 15.8. The normalized spacial score (nSPS) is 12.5. The van der Waals surface area contributed by atoms with Crippen molar-refractivity contribution < 1.29 is 0 Å². The molecule has 3 heteroatoms. The molecule has 1 atom stereocenters. The smallest absolute Gasteiger partial charge is 0.0597 e. The molecule has 0 aliphatic carbocycles. The van der Waals surface area contributed by atoms with E-state index in [4.69, 9.17) is 0 Å². The molecule has 0 saturated carbocycles. The maximum Gasteiger partial charge on any atom is 0.0597 e. The van der Waals surface area contributed by atoms with Gasteiger partial charge in [-0.25, -0.2) is 0 Å². The summed E-state index contributed by atoms with van der Waals surface area (Å²) >= 11 is 0. The number of nitrogens with zero attached hydrogens (tertiary/aromatic N) is 2. The molecule has 1 aromatic carbocycles. The molecule has 1 N–H and O–H groups in total. The average molecular weight is 285 g/mol. The molecule has 0 amide bonds. The van der Waals surface area contributed by atoms with E-state index in [9.17, 15) is 0 Å². The predicted molar refractivity (Wildman–Crippen MR) is 88.4 cm³/mol. The number of rotatable bonds is 8. The quantitative estimate of drug-likeness (QED) is 0.797. The zero-order valence-electron chi connectivity index (χ0n) is 13.5. The molecule has 0 radical (unpaired) electrons. The van der Waals surface area contributed by atoms with Crippen LogP contribution >= 0.6 is 0 Å². The van der Waals surface area contributed by atoms with Crippen LogP contribution in [0.4, 0.5) is 0 Å². The van der Waals surface area contributed by atoms with Gasteiger partial charge in [-0.1, -0.05) is 37.3 Å². The van der Waals surface area contributed by atoms with Crippen LogP contribution < -0.4 is 5.32 Å². The molecule has 1 heterocycles. The number of hydrogen-bond donors (Lipinski definition) is 1. The van der Waals surface area contributed by atoms with Crippen LogP contribution in [0.25, 0.3) is 0 Å². The van der Waals surface area contributed by atoms with Crippen molar-refractivity contribution in [3.63, 3.8) is 0 Å². The van der Waals surface area contributed by atoms with E-state index in [1.807, 2.05) is 0 Å². The highest BCUT2D eigenvalue weighted by Gasteiger charge is 2.15. The summed E-state index contributed by atoms with van der Waals surface area (Å²) in [5, 5.41) is 8.19. The standard InChI is InChI=1S/C18H27N3/c1-4-19-17(18-14-15(3)20-21(18)5-2)13-9-12-16-10-7-6-8-11-16/h6-8,10-11,14,17,19H,4-5,9,12-13H2,1-3H3. The summed E-state index contributed by atoms with van der Waals surface area (Å²) in [6, 6.07) is 13.4. The van der Waals surface area contributed by atoms with E-state index in [1.54, 1.807) is 0 Å². The molecular formula is C18H27N3. The number of nitrogens with one attached hydrogen (secondary N) is 1. The Kier molecular flexibility index (Phi) is 6.00. The first-order valence-corrected chi connectivity index (χ1v) is 8.06. The van der Waals surface area contributed by atoms with Gasteiger partial charge in [-0.05, 0) is 51.3 Å². The highest BCUT2D eigenvalue weighted by molar-refractivity contribution is 5.16. The maximum absolute atomic E-state index is 4.58. The van der Waals surface area contributed by atoms with E-state index in [2.05, 4.69) is 72.3 Å².